The summed E-state index contributed by atoms with van der Waals surface area (Å²) in [6.07, 6.45) is 0. The smallest absolute Gasteiger partial charge is 0.243 e. The number of likely N-dealkylation sites (N-methyl/N-ethyl adjacent to an activating group) is 1. The molecule has 0 unspecified atom stereocenters. The molecule has 0 atom stereocenters. The first kappa shape index (κ1) is 20.7. The lowest BCUT2D eigenvalue weighted by molar-refractivity contribution is -0.121. The zero-order chi connectivity index (χ0) is 19.2. The topological polar surface area (TPSA) is 75.7 Å². The number of ether oxygens (including phenoxy) is 1. The van der Waals surface area contributed by atoms with Gasteiger partial charge in [-0.25, -0.2) is 8.42 Å². The number of hydrogen-bond acceptors (Lipinski definition) is 4. The van der Waals surface area contributed by atoms with Gasteiger partial charge in [-0.2, -0.15) is 4.31 Å². The van der Waals surface area contributed by atoms with Gasteiger partial charge in [0.25, 0.3) is 0 Å². The molecule has 0 saturated heterocycles. The third-order valence-electron chi connectivity index (χ3n) is 3.38. The highest BCUT2D eigenvalue weighted by atomic mass is 79.9. The van der Waals surface area contributed by atoms with Crippen molar-refractivity contribution in [3.8, 4) is 5.75 Å². The van der Waals surface area contributed by atoms with Gasteiger partial charge in [0, 0.05) is 16.5 Å². The zero-order valence-corrected chi connectivity index (χ0v) is 17.1. The summed E-state index contributed by atoms with van der Waals surface area (Å²) >= 11 is 9.11. The monoisotopic (exact) mass is 460 g/mol. The van der Waals surface area contributed by atoms with Crippen LogP contribution >= 0.6 is 27.5 Å². The van der Waals surface area contributed by atoms with E-state index in [1.165, 1.54) is 31.3 Å². The lowest BCUT2D eigenvalue weighted by Gasteiger charge is -2.17. The normalized spacial score (nSPS) is 11.4. The van der Waals surface area contributed by atoms with Gasteiger partial charge in [0.05, 0.1) is 18.0 Å². The molecule has 0 heterocycles. The fourth-order valence-corrected chi connectivity index (χ4v) is 3.68. The minimum Gasteiger partial charge on any atom is -0.492 e. The molecule has 0 aromatic heterocycles. The van der Waals surface area contributed by atoms with Gasteiger partial charge < -0.3 is 10.1 Å². The van der Waals surface area contributed by atoms with E-state index in [1.54, 1.807) is 6.07 Å². The largest absolute Gasteiger partial charge is 0.492 e. The molecule has 0 aliphatic carbocycles. The average molecular weight is 462 g/mol. The van der Waals surface area contributed by atoms with E-state index in [1.807, 2.05) is 18.2 Å². The maximum atomic E-state index is 12.4. The number of carbonyl (C=O) groups excluding carboxylic acids is 1. The Balaban J connectivity index is 1.80. The lowest BCUT2D eigenvalue weighted by atomic mass is 10.3. The van der Waals surface area contributed by atoms with Crippen LogP contribution in [0.2, 0.25) is 5.02 Å². The van der Waals surface area contributed by atoms with E-state index in [2.05, 4.69) is 21.2 Å². The van der Waals surface area contributed by atoms with Crippen molar-refractivity contribution >= 4 is 43.5 Å². The molecule has 2 rings (SSSR count). The molecule has 9 heteroatoms. The van der Waals surface area contributed by atoms with Crippen LogP contribution in [-0.2, 0) is 14.8 Å². The van der Waals surface area contributed by atoms with Gasteiger partial charge in [-0.15, -0.1) is 0 Å². The fraction of sp³-hybridized carbons (Fsp3) is 0.235. The van der Waals surface area contributed by atoms with Crippen LogP contribution in [0.1, 0.15) is 0 Å². The molecule has 6 nitrogen and oxygen atoms in total. The number of nitrogens with one attached hydrogen (secondary N) is 1. The zero-order valence-electron chi connectivity index (χ0n) is 14.0. The first-order valence-corrected chi connectivity index (χ1v) is 10.3. The van der Waals surface area contributed by atoms with Crippen LogP contribution in [0.15, 0.2) is 57.9 Å². The van der Waals surface area contributed by atoms with E-state index in [9.17, 15) is 13.2 Å². The van der Waals surface area contributed by atoms with Gasteiger partial charge in [0.2, 0.25) is 15.9 Å². The Morgan fingerprint density at radius 2 is 1.92 bits per heavy atom. The summed E-state index contributed by atoms with van der Waals surface area (Å²) in [6, 6.07) is 13.1. The highest BCUT2D eigenvalue weighted by molar-refractivity contribution is 9.10. The number of rotatable bonds is 8. The fourth-order valence-electron chi connectivity index (χ4n) is 2.05. The third kappa shape index (κ3) is 5.98. The second-order valence-corrected chi connectivity index (χ2v) is 8.77. The number of halogens is 2. The number of nitrogens with zero attached hydrogens (tertiary/aromatic N) is 1. The van der Waals surface area contributed by atoms with E-state index in [0.717, 1.165) is 8.78 Å². The minimum atomic E-state index is -3.75. The number of sulfonamides is 1. The van der Waals surface area contributed by atoms with E-state index in [4.69, 9.17) is 16.3 Å². The number of hydrogen-bond donors (Lipinski definition) is 1. The van der Waals surface area contributed by atoms with Crippen LogP contribution in [0.25, 0.3) is 0 Å². The molecule has 0 aliphatic heterocycles. The molecule has 26 heavy (non-hydrogen) atoms. The minimum absolute atomic E-state index is 0.0789. The SMILES string of the molecule is CN(CC(=O)NCCOc1cccc(Br)c1)S(=O)(=O)c1ccc(Cl)cc1. The molecule has 1 amide bonds. The van der Waals surface area contributed by atoms with Gasteiger partial charge in [-0.3, -0.25) is 4.79 Å². The van der Waals surface area contributed by atoms with Crippen LogP contribution in [-0.4, -0.2) is 45.4 Å². The number of benzene rings is 2. The van der Waals surface area contributed by atoms with Gasteiger partial charge in [-0.05, 0) is 42.5 Å². The van der Waals surface area contributed by atoms with Crippen LogP contribution in [0.3, 0.4) is 0 Å². The second-order valence-electron chi connectivity index (χ2n) is 5.37. The van der Waals surface area contributed by atoms with Crippen molar-refractivity contribution in [2.45, 2.75) is 4.90 Å². The van der Waals surface area contributed by atoms with E-state index < -0.39 is 15.9 Å². The quantitative estimate of drug-likeness (QED) is 0.613. The first-order chi connectivity index (χ1) is 12.3. The summed E-state index contributed by atoms with van der Waals surface area (Å²) in [7, 11) is -2.40. The summed E-state index contributed by atoms with van der Waals surface area (Å²) in [5, 5.41) is 3.07. The Labute approximate surface area is 166 Å². The summed E-state index contributed by atoms with van der Waals surface area (Å²) in [6.45, 7) is 0.248. The van der Waals surface area contributed by atoms with Crippen molar-refractivity contribution in [3.05, 3.63) is 58.0 Å². The summed E-state index contributed by atoms with van der Waals surface area (Å²) in [5.74, 6) is 0.263. The van der Waals surface area contributed by atoms with Gasteiger partial charge >= 0.3 is 0 Å². The van der Waals surface area contributed by atoms with E-state index >= 15 is 0 Å². The van der Waals surface area contributed by atoms with Gasteiger partial charge in [-0.1, -0.05) is 33.6 Å². The van der Waals surface area contributed by atoms with Crippen LogP contribution < -0.4 is 10.1 Å². The summed E-state index contributed by atoms with van der Waals surface area (Å²) in [4.78, 5) is 12.0. The predicted octanol–water partition coefficient (Wildman–Crippen LogP) is 2.92. The molecule has 2 aromatic rings. The maximum Gasteiger partial charge on any atom is 0.243 e. The van der Waals surface area contributed by atoms with Gasteiger partial charge in [0.1, 0.15) is 12.4 Å². The maximum absolute atomic E-state index is 12.4. The number of amides is 1. The lowest BCUT2D eigenvalue weighted by Crippen LogP contribution is -2.39. The second kappa shape index (κ2) is 9.36. The molecular formula is C17H18BrClN2O4S. The van der Waals surface area contributed by atoms with E-state index in [-0.39, 0.29) is 24.6 Å². The summed E-state index contributed by atoms with van der Waals surface area (Å²) in [5.41, 5.74) is 0. The Hall–Kier alpha value is -1.61. The molecular weight excluding hydrogens is 444 g/mol. The third-order valence-corrected chi connectivity index (χ3v) is 5.94. The van der Waals surface area contributed by atoms with Crippen LogP contribution in [0.5, 0.6) is 5.75 Å². The Kier molecular flexibility index (Phi) is 7.45. The highest BCUT2D eigenvalue weighted by Gasteiger charge is 2.22. The molecule has 1 N–H and O–H groups in total. The Bertz CT molecular complexity index is 859. The molecule has 0 radical (unpaired) electrons. The number of carbonyl (C=O) groups is 1. The molecule has 140 valence electrons. The van der Waals surface area contributed by atoms with Gasteiger partial charge in [0.15, 0.2) is 0 Å². The average Bonchev–Trinajstić information content (AvgIpc) is 2.59. The first-order valence-electron chi connectivity index (χ1n) is 7.66. The standard InChI is InChI=1S/C17H18BrClN2O4S/c1-21(26(23,24)16-7-5-14(19)6-8-16)12-17(22)20-9-10-25-15-4-2-3-13(18)11-15/h2-8,11H,9-10,12H2,1H3,(H,20,22). The van der Waals surface area contributed by atoms with E-state index in [0.29, 0.717) is 10.8 Å². The molecule has 0 fully saturated rings. The van der Waals surface area contributed by atoms with Crippen molar-refractivity contribution in [1.29, 1.82) is 0 Å². The molecule has 0 saturated carbocycles. The van der Waals surface area contributed by atoms with Crippen molar-refractivity contribution in [2.75, 3.05) is 26.7 Å². The molecule has 0 aliphatic rings. The summed E-state index contributed by atoms with van der Waals surface area (Å²) < 4.78 is 32.2. The highest BCUT2D eigenvalue weighted by Crippen LogP contribution is 2.18. The van der Waals surface area contributed by atoms with Crippen LogP contribution in [0, 0.1) is 0 Å². The Morgan fingerprint density at radius 3 is 2.58 bits per heavy atom. The van der Waals surface area contributed by atoms with Crippen molar-refractivity contribution in [3.63, 3.8) is 0 Å². The predicted molar refractivity (Wildman–Crippen MR) is 104 cm³/mol. The van der Waals surface area contributed by atoms with Crippen LogP contribution in [0.4, 0.5) is 0 Å². The molecule has 0 bridgehead atoms. The molecule has 0 spiro atoms. The van der Waals surface area contributed by atoms with Crippen molar-refractivity contribution in [2.24, 2.45) is 0 Å². The van der Waals surface area contributed by atoms with Crippen molar-refractivity contribution < 1.29 is 17.9 Å². The van der Waals surface area contributed by atoms with Crippen molar-refractivity contribution in [1.82, 2.24) is 9.62 Å². The molecule has 2 aromatic carbocycles. The Morgan fingerprint density at radius 1 is 1.23 bits per heavy atom.